The van der Waals surface area contributed by atoms with Crippen LogP contribution in [0.15, 0.2) is 42.7 Å². The number of hydrogen-bond acceptors (Lipinski definition) is 9. The van der Waals surface area contributed by atoms with Crippen LogP contribution < -0.4 is 31.2 Å². The number of nitrogens with zero attached hydrogens (tertiary/aromatic N) is 2. The first-order valence-electron chi connectivity index (χ1n) is 14.0. The van der Waals surface area contributed by atoms with Gasteiger partial charge in [0.05, 0.1) is 47.9 Å². The predicted octanol–water partition coefficient (Wildman–Crippen LogP) is 1.97. The molecule has 11 heteroatoms. The van der Waals surface area contributed by atoms with E-state index < -0.39 is 11.5 Å². The molecule has 2 saturated carbocycles. The number of anilines is 1. The topological polar surface area (TPSA) is 162 Å². The third-order valence-electron chi connectivity index (χ3n) is 7.93. The van der Waals surface area contributed by atoms with Crippen molar-refractivity contribution in [2.24, 2.45) is 16.9 Å². The highest BCUT2D eigenvalue weighted by molar-refractivity contribution is 6.18. The number of carbonyl (C=O) groups is 2. The van der Waals surface area contributed by atoms with Crippen LogP contribution in [0, 0.1) is 5.41 Å². The number of pyridine rings is 1. The maximum absolute atomic E-state index is 13.0. The molecule has 2 amide bonds. The van der Waals surface area contributed by atoms with Crippen molar-refractivity contribution >= 4 is 23.1 Å². The highest BCUT2D eigenvalue weighted by Gasteiger charge is 2.54. The van der Waals surface area contributed by atoms with Crippen LogP contribution in [-0.2, 0) is 9.53 Å². The summed E-state index contributed by atoms with van der Waals surface area (Å²) in [5.41, 5.74) is 12.7. The number of hydrogen-bond donors (Lipinski definition) is 4. The Labute approximate surface area is 239 Å². The molecule has 6 N–H and O–H groups in total. The van der Waals surface area contributed by atoms with Gasteiger partial charge >= 0.3 is 0 Å². The van der Waals surface area contributed by atoms with Crippen LogP contribution in [0.2, 0.25) is 0 Å². The van der Waals surface area contributed by atoms with Crippen LogP contribution in [0.25, 0.3) is 5.57 Å². The molecule has 1 saturated heterocycles. The van der Waals surface area contributed by atoms with E-state index in [0.29, 0.717) is 36.0 Å². The number of rotatable bonds is 10. The average molecular weight is 566 g/mol. The minimum Gasteiger partial charge on any atom is -0.489 e. The number of amides is 2. The molecule has 0 unspecified atom stereocenters. The van der Waals surface area contributed by atoms with E-state index in [9.17, 15) is 14.7 Å². The van der Waals surface area contributed by atoms with E-state index in [1.165, 1.54) is 12.4 Å². The van der Waals surface area contributed by atoms with Gasteiger partial charge in [0.2, 0.25) is 0 Å². The van der Waals surface area contributed by atoms with E-state index in [0.717, 1.165) is 44.5 Å². The van der Waals surface area contributed by atoms with Crippen LogP contribution in [0.5, 0.6) is 11.5 Å². The number of aliphatic hydroxyl groups is 1. The van der Waals surface area contributed by atoms with Gasteiger partial charge in [0.25, 0.3) is 11.8 Å². The molecule has 2 aliphatic carbocycles. The molecule has 220 valence electrons. The number of primary amides is 1. The maximum Gasteiger partial charge on any atom is 0.255 e. The number of benzene rings is 1. The highest BCUT2D eigenvalue weighted by atomic mass is 16.5. The number of ether oxygens (including phenoxy) is 3. The zero-order valence-electron chi connectivity index (χ0n) is 23.6. The first-order valence-corrected chi connectivity index (χ1v) is 14.0. The zero-order valence-corrected chi connectivity index (χ0v) is 23.6. The first kappa shape index (κ1) is 28.7. The third kappa shape index (κ3) is 6.74. The summed E-state index contributed by atoms with van der Waals surface area (Å²) in [6.07, 6.45) is 6.17. The van der Waals surface area contributed by atoms with Gasteiger partial charge in [-0.1, -0.05) is 0 Å². The van der Waals surface area contributed by atoms with Gasteiger partial charge in [0.15, 0.2) is 0 Å². The molecule has 1 aliphatic heterocycles. The normalized spacial score (nSPS) is 24.3. The van der Waals surface area contributed by atoms with Crippen molar-refractivity contribution in [2.75, 3.05) is 37.8 Å². The Morgan fingerprint density at radius 1 is 1.20 bits per heavy atom. The number of nitrogens with two attached hydrogens (primary N) is 2. The highest BCUT2D eigenvalue weighted by Crippen LogP contribution is 2.57. The lowest BCUT2D eigenvalue weighted by Gasteiger charge is -2.57. The quantitative estimate of drug-likeness (QED) is 0.316. The molecule has 0 radical (unpaired) electrons. The van der Waals surface area contributed by atoms with E-state index in [4.69, 9.17) is 25.7 Å². The first-order chi connectivity index (χ1) is 19.5. The standard InChI is InChI=1S/C30H39N5O6/c1-29(2,38)18-40-21-4-6-25(33-17-21)24(16-31)28(37)34-19-12-30(13-19)14-22(15-30)41-26-11-20(3-5-23(26)27(32)36)35-7-9-39-10-8-35/h3-6,11,16-17,19,22,38H,7-10,12-15,18,31H2,1-2H3,(H2,32,36)(H,34,37). The van der Waals surface area contributed by atoms with Crippen molar-refractivity contribution in [2.45, 2.75) is 57.3 Å². The number of carbonyl (C=O) groups excluding carboxylic acids is 2. The summed E-state index contributed by atoms with van der Waals surface area (Å²) in [4.78, 5) is 31.5. The second kappa shape index (κ2) is 11.6. The van der Waals surface area contributed by atoms with Crippen LogP contribution in [0.3, 0.4) is 0 Å². The molecular formula is C30H39N5O6. The second-order valence-corrected chi connectivity index (χ2v) is 11.9. The molecule has 41 heavy (non-hydrogen) atoms. The molecule has 0 bridgehead atoms. The van der Waals surface area contributed by atoms with Crippen LogP contribution in [0.4, 0.5) is 5.69 Å². The van der Waals surface area contributed by atoms with E-state index in [1.54, 1.807) is 32.0 Å². The molecular weight excluding hydrogens is 526 g/mol. The van der Waals surface area contributed by atoms with Gasteiger partial charge in [-0.05, 0) is 69.2 Å². The van der Waals surface area contributed by atoms with E-state index in [1.807, 2.05) is 12.1 Å². The summed E-state index contributed by atoms with van der Waals surface area (Å²) < 4.78 is 17.2. The smallest absolute Gasteiger partial charge is 0.255 e. The Kier molecular flexibility index (Phi) is 8.10. The second-order valence-electron chi connectivity index (χ2n) is 11.9. The van der Waals surface area contributed by atoms with Crippen LogP contribution >= 0.6 is 0 Å². The van der Waals surface area contributed by atoms with Crippen molar-refractivity contribution in [3.05, 3.63) is 54.0 Å². The number of aromatic nitrogens is 1. The van der Waals surface area contributed by atoms with Crippen molar-refractivity contribution < 1.29 is 28.9 Å². The van der Waals surface area contributed by atoms with E-state index >= 15 is 0 Å². The molecule has 3 aliphatic rings. The Hall–Kier alpha value is -3.83. The molecule has 1 aromatic carbocycles. The summed E-state index contributed by atoms with van der Waals surface area (Å²) in [7, 11) is 0. The molecule has 11 nitrogen and oxygen atoms in total. The zero-order chi connectivity index (χ0) is 29.2. The Morgan fingerprint density at radius 3 is 2.54 bits per heavy atom. The van der Waals surface area contributed by atoms with E-state index in [-0.39, 0.29) is 35.6 Å². The van der Waals surface area contributed by atoms with Crippen molar-refractivity contribution in [1.29, 1.82) is 0 Å². The Bertz CT molecular complexity index is 1290. The summed E-state index contributed by atoms with van der Waals surface area (Å²) in [6, 6.07) is 8.94. The van der Waals surface area contributed by atoms with Crippen molar-refractivity contribution in [3.63, 3.8) is 0 Å². The lowest BCUT2D eigenvalue weighted by Crippen LogP contribution is -2.58. The fraction of sp³-hybridized carbons (Fsp3) is 0.500. The van der Waals surface area contributed by atoms with Gasteiger partial charge in [-0.15, -0.1) is 0 Å². The predicted molar refractivity (Wildman–Crippen MR) is 153 cm³/mol. The number of nitrogens with one attached hydrogen (secondary N) is 1. The number of morpholine rings is 1. The van der Waals surface area contributed by atoms with Gasteiger partial charge in [-0.3, -0.25) is 14.6 Å². The molecule has 2 aromatic rings. The molecule has 5 rings (SSSR count). The summed E-state index contributed by atoms with van der Waals surface area (Å²) in [6.45, 7) is 6.34. The van der Waals surface area contributed by atoms with Gasteiger partial charge in [-0.25, -0.2) is 0 Å². The Morgan fingerprint density at radius 2 is 1.93 bits per heavy atom. The van der Waals surface area contributed by atoms with Crippen molar-refractivity contribution in [3.8, 4) is 11.5 Å². The molecule has 3 fully saturated rings. The lowest BCUT2D eigenvalue weighted by molar-refractivity contribution is -0.122. The summed E-state index contributed by atoms with van der Waals surface area (Å²) in [5, 5.41) is 12.9. The van der Waals surface area contributed by atoms with Gasteiger partial charge in [0.1, 0.15) is 18.1 Å². The van der Waals surface area contributed by atoms with Crippen molar-refractivity contribution in [1.82, 2.24) is 10.3 Å². The largest absolute Gasteiger partial charge is 0.489 e. The molecule has 0 atom stereocenters. The fourth-order valence-electron chi connectivity index (χ4n) is 5.85. The third-order valence-corrected chi connectivity index (χ3v) is 7.93. The minimum atomic E-state index is -0.964. The van der Waals surface area contributed by atoms with Gasteiger partial charge in [0, 0.05) is 37.1 Å². The minimum absolute atomic E-state index is 0.00877. The fourth-order valence-corrected chi connectivity index (χ4v) is 5.85. The maximum atomic E-state index is 13.0. The van der Waals surface area contributed by atoms with Gasteiger partial charge < -0.3 is 41.0 Å². The SMILES string of the molecule is CC(C)(O)COc1ccc(C(=CN)C(=O)NC2CC3(C2)CC(Oc2cc(N4CCOCC4)ccc2C(N)=O)C3)nc1. The Balaban J connectivity index is 1.11. The van der Waals surface area contributed by atoms with Crippen LogP contribution in [0.1, 0.15) is 55.6 Å². The average Bonchev–Trinajstić information content (AvgIpc) is 2.90. The summed E-state index contributed by atoms with van der Waals surface area (Å²) in [5.74, 6) is 0.227. The van der Waals surface area contributed by atoms with E-state index in [2.05, 4.69) is 15.2 Å². The van der Waals surface area contributed by atoms with Crippen LogP contribution in [-0.4, -0.2) is 72.6 Å². The summed E-state index contributed by atoms with van der Waals surface area (Å²) >= 11 is 0. The van der Waals surface area contributed by atoms with Gasteiger partial charge in [-0.2, -0.15) is 0 Å². The monoisotopic (exact) mass is 565 g/mol. The molecule has 2 heterocycles. The lowest BCUT2D eigenvalue weighted by atomic mass is 9.53. The molecule has 1 aromatic heterocycles. The molecule has 1 spiro atoms.